The molecule has 2 aliphatic rings. The van der Waals surface area contributed by atoms with Gasteiger partial charge in [0.05, 0.1) is 6.10 Å². The summed E-state index contributed by atoms with van der Waals surface area (Å²) in [6, 6.07) is 0. The number of ether oxygens (including phenoxy) is 1. The van der Waals surface area contributed by atoms with Crippen LogP contribution in [0.5, 0.6) is 0 Å². The van der Waals surface area contributed by atoms with Crippen molar-refractivity contribution in [2.45, 2.75) is 31.8 Å². The average Bonchev–Trinajstić information content (AvgIpc) is 2.66. The first-order valence-corrected chi connectivity index (χ1v) is 6.35. The molecule has 3 nitrogen and oxygen atoms in total. The third-order valence-corrected chi connectivity index (χ3v) is 3.57. The Balaban J connectivity index is 1.54. The molecule has 0 radical (unpaired) electrons. The smallest absolute Gasteiger partial charge is 0.0699 e. The fraction of sp³-hybridized carbons (Fsp3) is 1.00. The Labute approximate surface area is 93.2 Å². The Hall–Kier alpha value is -0.120. The second kappa shape index (κ2) is 5.83. The molecule has 2 fully saturated rings. The van der Waals surface area contributed by atoms with Crippen LogP contribution in [0, 0.1) is 5.92 Å². The normalized spacial score (nSPS) is 33.4. The summed E-state index contributed by atoms with van der Waals surface area (Å²) in [4.78, 5) is 2.42. The van der Waals surface area contributed by atoms with E-state index in [0.29, 0.717) is 6.10 Å². The molecule has 0 aromatic carbocycles. The number of likely N-dealkylation sites (tertiary alicyclic amines) is 1. The van der Waals surface area contributed by atoms with Crippen LogP contribution in [0.1, 0.15) is 25.7 Å². The van der Waals surface area contributed by atoms with E-state index >= 15 is 0 Å². The topological polar surface area (TPSA) is 24.5 Å². The Kier molecular flexibility index (Phi) is 4.42. The molecule has 88 valence electrons. The minimum absolute atomic E-state index is 0.484. The first-order valence-electron chi connectivity index (χ1n) is 6.35. The van der Waals surface area contributed by atoms with Gasteiger partial charge in [-0.15, -0.1) is 0 Å². The summed E-state index contributed by atoms with van der Waals surface area (Å²) in [6.45, 7) is 5.73. The standard InChI is InChI=1S/C12H24N2O/c1-14-6-5-11(10-14)8-13-9-12-4-2-3-7-15-12/h11-13H,2-10H2,1H3. The van der Waals surface area contributed by atoms with Crippen molar-refractivity contribution in [3.05, 3.63) is 0 Å². The average molecular weight is 212 g/mol. The summed E-state index contributed by atoms with van der Waals surface area (Å²) >= 11 is 0. The quantitative estimate of drug-likeness (QED) is 0.755. The fourth-order valence-corrected chi connectivity index (χ4v) is 2.61. The van der Waals surface area contributed by atoms with Crippen molar-refractivity contribution >= 4 is 0 Å². The van der Waals surface area contributed by atoms with Crippen molar-refractivity contribution in [2.24, 2.45) is 5.92 Å². The van der Waals surface area contributed by atoms with Gasteiger partial charge in [0.15, 0.2) is 0 Å². The Morgan fingerprint density at radius 2 is 2.20 bits per heavy atom. The lowest BCUT2D eigenvalue weighted by atomic mass is 10.1. The van der Waals surface area contributed by atoms with Gasteiger partial charge in [-0.25, -0.2) is 0 Å². The van der Waals surface area contributed by atoms with Crippen LogP contribution in [0.3, 0.4) is 0 Å². The van der Waals surface area contributed by atoms with Gasteiger partial charge >= 0.3 is 0 Å². The molecule has 0 aliphatic carbocycles. The van der Waals surface area contributed by atoms with Crippen molar-refractivity contribution in [1.29, 1.82) is 0 Å². The highest BCUT2D eigenvalue weighted by atomic mass is 16.5. The molecule has 2 saturated heterocycles. The SMILES string of the molecule is CN1CCC(CNCC2CCCCO2)C1. The number of nitrogens with one attached hydrogen (secondary N) is 1. The van der Waals surface area contributed by atoms with Crippen LogP contribution in [0.4, 0.5) is 0 Å². The van der Waals surface area contributed by atoms with Crippen molar-refractivity contribution < 1.29 is 4.74 Å². The third-order valence-electron chi connectivity index (χ3n) is 3.57. The minimum Gasteiger partial charge on any atom is -0.377 e. The zero-order valence-corrected chi connectivity index (χ0v) is 9.87. The zero-order chi connectivity index (χ0) is 10.5. The highest BCUT2D eigenvalue weighted by Crippen LogP contribution is 2.14. The fourth-order valence-electron chi connectivity index (χ4n) is 2.61. The van der Waals surface area contributed by atoms with Crippen LogP contribution < -0.4 is 5.32 Å². The van der Waals surface area contributed by atoms with Crippen molar-refractivity contribution in [3.8, 4) is 0 Å². The molecule has 1 N–H and O–H groups in total. The summed E-state index contributed by atoms with van der Waals surface area (Å²) in [5.74, 6) is 0.860. The molecule has 0 amide bonds. The van der Waals surface area contributed by atoms with Gasteiger partial charge in [-0.1, -0.05) is 0 Å². The monoisotopic (exact) mass is 212 g/mol. The lowest BCUT2D eigenvalue weighted by molar-refractivity contribution is 0.0166. The number of hydrogen-bond acceptors (Lipinski definition) is 3. The highest BCUT2D eigenvalue weighted by molar-refractivity contribution is 4.75. The number of hydrogen-bond donors (Lipinski definition) is 1. The molecule has 2 atom stereocenters. The highest BCUT2D eigenvalue weighted by Gasteiger charge is 2.19. The molecule has 2 aliphatic heterocycles. The van der Waals surface area contributed by atoms with Gasteiger partial charge in [0, 0.05) is 19.7 Å². The maximum Gasteiger partial charge on any atom is 0.0699 e. The molecular formula is C12H24N2O. The van der Waals surface area contributed by atoms with Gasteiger partial charge in [-0.2, -0.15) is 0 Å². The zero-order valence-electron chi connectivity index (χ0n) is 9.87. The van der Waals surface area contributed by atoms with Gasteiger partial charge in [0.1, 0.15) is 0 Å². The Morgan fingerprint density at radius 1 is 1.27 bits per heavy atom. The molecule has 15 heavy (non-hydrogen) atoms. The van der Waals surface area contributed by atoms with E-state index in [1.54, 1.807) is 0 Å². The molecule has 0 aromatic rings. The van der Waals surface area contributed by atoms with Gasteiger partial charge in [0.25, 0.3) is 0 Å². The maximum absolute atomic E-state index is 5.69. The summed E-state index contributed by atoms with van der Waals surface area (Å²) in [5.41, 5.74) is 0. The lowest BCUT2D eigenvalue weighted by Gasteiger charge is -2.23. The first kappa shape index (κ1) is 11.4. The van der Waals surface area contributed by atoms with Crippen molar-refractivity contribution in [1.82, 2.24) is 10.2 Å². The van der Waals surface area contributed by atoms with E-state index in [1.165, 1.54) is 45.3 Å². The second-order valence-electron chi connectivity index (χ2n) is 5.06. The molecule has 0 bridgehead atoms. The van der Waals surface area contributed by atoms with Crippen LogP contribution in [0.2, 0.25) is 0 Å². The molecule has 2 heterocycles. The van der Waals surface area contributed by atoms with E-state index in [9.17, 15) is 0 Å². The van der Waals surface area contributed by atoms with Gasteiger partial charge in [0.2, 0.25) is 0 Å². The summed E-state index contributed by atoms with van der Waals surface area (Å²) < 4.78 is 5.69. The minimum atomic E-state index is 0.484. The third kappa shape index (κ3) is 3.74. The number of nitrogens with zero attached hydrogens (tertiary/aromatic N) is 1. The number of rotatable bonds is 4. The lowest BCUT2D eigenvalue weighted by Crippen LogP contribution is -2.35. The predicted molar refractivity (Wildman–Crippen MR) is 62.1 cm³/mol. The van der Waals surface area contributed by atoms with E-state index in [4.69, 9.17) is 4.74 Å². The molecule has 0 aromatic heterocycles. The van der Waals surface area contributed by atoms with E-state index in [0.717, 1.165) is 19.1 Å². The molecule has 0 spiro atoms. The summed E-state index contributed by atoms with van der Waals surface area (Å²) in [7, 11) is 2.21. The van der Waals surface area contributed by atoms with Gasteiger partial charge < -0.3 is 15.0 Å². The van der Waals surface area contributed by atoms with Gasteiger partial charge in [-0.05, 0) is 51.7 Å². The van der Waals surface area contributed by atoms with Crippen molar-refractivity contribution in [2.75, 3.05) is 39.8 Å². The van der Waals surface area contributed by atoms with E-state index < -0.39 is 0 Å². The van der Waals surface area contributed by atoms with Crippen molar-refractivity contribution in [3.63, 3.8) is 0 Å². The Bertz CT molecular complexity index is 176. The molecule has 2 rings (SSSR count). The van der Waals surface area contributed by atoms with Gasteiger partial charge in [-0.3, -0.25) is 0 Å². The predicted octanol–water partition coefficient (Wildman–Crippen LogP) is 1.10. The van der Waals surface area contributed by atoms with E-state index in [-0.39, 0.29) is 0 Å². The largest absolute Gasteiger partial charge is 0.377 e. The Morgan fingerprint density at radius 3 is 2.87 bits per heavy atom. The molecular weight excluding hydrogens is 188 g/mol. The second-order valence-corrected chi connectivity index (χ2v) is 5.06. The van der Waals surface area contributed by atoms with Crippen LogP contribution in [-0.2, 0) is 4.74 Å². The summed E-state index contributed by atoms with van der Waals surface area (Å²) in [5, 5.41) is 3.57. The summed E-state index contributed by atoms with van der Waals surface area (Å²) in [6.07, 6.45) is 5.69. The maximum atomic E-state index is 5.69. The van der Waals surface area contributed by atoms with E-state index in [2.05, 4.69) is 17.3 Å². The first-order chi connectivity index (χ1) is 7.34. The van der Waals surface area contributed by atoms with Crippen LogP contribution in [0.25, 0.3) is 0 Å². The van der Waals surface area contributed by atoms with Crippen LogP contribution in [0.15, 0.2) is 0 Å². The molecule has 3 heteroatoms. The van der Waals surface area contributed by atoms with Crippen LogP contribution in [-0.4, -0.2) is 50.8 Å². The van der Waals surface area contributed by atoms with Crippen LogP contribution >= 0.6 is 0 Å². The molecule has 0 saturated carbocycles. The van der Waals surface area contributed by atoms with E-state index in [1.807, 2.05) is 0 Å². The molecule has 2 unspecified atom stereocenters.